The van der Waals surface area contributed by atoms with E-state index in [1.807, 2.05) is 12.1 Å². The summed E-state index contributed by atoms with van der Waals surface area (Å²) in [6, 6.07) is 3.76. The van der Waals surface area contributed by atoms with Gasteiger partial charge in [0.1, 0.15) is 11.5 Å². The lowest BCUT2D eigenvalue weighted by Gasteiger charge is -2.18. The Labute approximate surface area is 122 Å². The van der Waals surface area contributed by atoms with Crippen molar-refractivity contribution in [1.82, 2.24) is 0 Å². The first-order valence-electron chi connectivity index (χ1n) is 6.77. The molecule has 0 spiro atoms. The van der Waals surface area contributed by atoms with Gasteiger partial charge in [-0.1, -0.05) is 6.42 Å². The van der Waals surface area contributed by atoms with Crippen LogP contribution in [0.25, 0.3) is 0 Å². The number of aliphatic hydroxyl groups is 1. The van der Waals surface area contributed by atoms with Crippen LogP contribution in [-0.2, 0) is 0 Å². The summed E-state index contributed by atoms with van der Waals surface area (Å²) in [5, 5.41) is 10.6. The van der Waals surface area contributed by atoms with Crippen LogP contribution in [0.15, 0.2) is 16.6 Å². The molecule has 3 nitrogen and oxygen atoms in total. The lowest BCUT2D eigenvalue weighted by molar-refractivity contribution is 0.133. The van der Waals surface area contributed by atoms with E-state index in [2.05, 4.69) is 15.9 Å². The summed E-state index contributed by atoms with van der Waals surface area (Å²) in [5.74, 6) is 3.31. The van der Waals surface area contributed by atoms with Crippen LogP contribution in [-0.4, -0.2) is 19.3 Å². The summed E-state index contributed by atoms with van der Waals surface area (Å²) in [7, 11) is 3.27. The highest BCUT2D eigenvalue weighted by molar-refractivity contribution is 9.10. The van der Waals surface area contributed by atoms with Crippen LogP contribution in [0.3, 0.4) is 0 Å². The number of methoxy groups -OCH3 is 2. The van der Waals surface area contributed by atoms with Crippen molar-refractivity contribution in [2.45, 2.75) is 25.4 Å². The van der Waals surface area contributed by atoms with E-state index in [0.717, 1.165) is 21.5 Å². The van der Waals surface area contributed by atoms with Gasteiger partial charge in [0.05, 0.1) is 24.8 Å². The maximum atomic E-state index is 10.6. The van der Waals surface area contributed by atoms with Gasteiger partial charge in [-0.2, -0.15) is 0 Å². The highest BCUT2D eigenvalue weighted by Gasteiger charge is 2.56. The molecule has 2 saturated carbocycles. The van der Waals surface area contributed by atoms with Crippen molar-refractivity contribution in [3.8, 4) is 11.5 Å². The maximum absolute atomic E-state index is 10.6. The molecule has 1 N–H and O–H groups in total. The third kappa shape index (κ3) is 2.15. The molecule has 0 radical (unpaired) electrons. The largest absolute Gasteiger partial charge is 0.496 e. The minimum Gasteiger partial charge on any atom is -0.496 e. The number of benzene rings is 1. The second-order valence-corrected chi connectivity index (χ2v) is 6.36. The molecular formula is C15H19BrO3. The highest BCUT2D eigenvalue weighted by Crippen LogP contribution is 2.63. The second kappa shape index (κ2) is 4.98. The minimum atomic E-state index is -0.438. The lowest BCUT2D eigenvalue weighted by Crippen LogP contribution is -2.07. The molecule has 0 bridgehead atoms. The van der Waals surface area contributed by atoms with Crippen molar-refractivity contribution in [1.29, 1.82) is 0 Å². The normalized spacial score (nSPS) is 29.8. The topological polar surface area (TPSA) is 38.7 Å². The minimum absolute atomic E-state index is 0.411. The average Bonchev–Trinajstić information content (AvgIpc) is 2.90. The fraction of sp³-hybridized carbons (Fsp3) is 0.600. The van der Waals surface area contributed by atoms with Crippen molar-refractivity contribution in [3.05, 3.63) is 22.2 Å². The van der Waals surface area contributed by atoms with Crippen molar-refractivity contribution >= 4 is 15.9 Å². The Morgan fingerprint density at radius 1 is 1.16 bits per heavy atom. The standard InChI is InChI=1S/C15H19BrO3/c1-18-12-7-11(16)13(19-2)6-10(12)15(17)14-8-4-3-5-9(8)14/h6-9,14-15,17H,3-5H2,1-2H3. The number of fused-ring (bicyclic) bond motifs is 1. The number of rotatable bonds is 4. The molecule has 2 aliphatic rings. The van der Waals surface area contributed by atoms with Gasteiger partial charge < -0.3 is 14.6 Å². The zero-order valence-corrected chi connectivity index (χ0v) is 12.8. The van der Waals surface area contributed by atoms with Crippen LogP contribution in [0.4, 0.5) is 0 Å². The highest BCUT2D eigenvalue weighted by atomic mass is 79.9. The number of aliphatic hydroxyl groups excluding tert-OH is 1. The smallest absolute Gasteiger partial charge is 0.133 e. The third-order valence-electron chi connectivity index (χ3n) is 4.66. The molecule has 0 saturated heterocycles. The van der Waals surface area contributed by atoms with E-state index in [1.165, 1.54) is 19.3 Å². The van der Waals surface area contributed by atoms with E-state index in [0.29, 0.717) is 17.8 Å². The monoisotopic (exact) mass is 326 g/mol. The van der Waals surface area contributed by atoms with Gasteiger partial charge in [0, 0.05) is 5.56 Å². The van der Waals surface area contributed by atoms with Crippen molar-refractivity contribution in [2.75, 3.05) is 14.2 Å². The van der Waals surface area contributed by atoms with E-state index < -0.39 is 6.10 Å². The van der Waals surface area contributed by atoms with Crippen molar-refractivity contribution < 1.29 is 14.6 Å². The van der Waals surface area contributed by atoms with Crippen LogP contribution in [0.1, 0.15) is 30.9 Å². The molecule has 104 valence electrons. The summed E-state index contributed by atoms with van der Waals surface area (Å²) >= 11 is 3.45. The molecular weight excluding hydrogens is 308 g/mol. The number of hydrogen-bond acceptors (Lipinski definition) is 3. The molecule has 3 rings (SSSR count). The first-order chi connectivity index (χ1) is 9.17. The summed E-state index contributed by atoms with van der Waals surface area (Å²) in [5.41, 5.74) is 0.849. The Hall–Kier alpha value is -0.740. The first-order valence-corrected chi connectivity index (χ1v) is 7.56. The van der Waals surface area contributed by atoms with Gasteiger partial charge in [-0.15, -0.1) is 0 Å². The van der Waals surface area contributed by atoms with E-state index in [-0.39, 0.29) is 0 Å². The Balaban J connectivity index is 1.90. The molecule has 3 unspecified atom stereocenters. The fourth-order valence-electron chi connectivity index (χ4n) is 3.67. The van der Waals surface area contributed by atoms with E-state index in [4.69, 9.17) is 9.47 Å². The Morgan fingerprint density at radius 3 is 2.37 bits per heavy atom. The second-order valence-electron chi connectivity index (χ2n) is 5.51. The molecule has 0 aliphatic heterocycles. The molecule has 0 heterocycles. The van der Waals surface area contributed by atoms with Gasteiger partial charge in [-0.05, 0) is 58.7 Å². The van der Waals surface area contributed by atoms with Crippen LogP contribution in [0, 0.1) is 17.8 Å². The molecule has 2 aliphatic carbocycles. The summed E-state index contributed by atoms with van der Waals surface area (Å²) in [4.78, 5) is 0. The Kier molecular flexibility index (Phi) is 3.48. The first kappa shape index (κ1) is 13.3. The molecule has 19 heavy (non-hydrogen) atoms. The quantitative estimate of drug-likeness (QED) is 0.919. The van der Waals surface area contributed by atoms with Gasteiger partial charge in [-0.25, -0.2) is 0 Å². The number of ether oxygens (including phenoxy) is 2. The molecule has 3 atom stereocenters. The van der Waals surface area contributed by atoms with Gasteiger partial charge in [0.2, 0.25) is 0 Å². The third-order valence-corrected chi connectivity index (χ3v) is 5.28. The van der Waals surface area contributed by atoms with Gasteiger partial charge in [0.25, 0.3) is 0 Å². The van der Waals surface area contributed by atoms with Gasteiger partial charge in [0.15, 0.2) is 0 Å². The molecule has 1 aromatic carbocycles. The van der Waals surface area contributed by atoms with E-state index >= 15 is 0 Å². The molecule has 2 fully saturated rings. The molecule has 4 heteroatoms. The maximum Gasteiger partial charge on any atom is 0.133 e. The summed E-state index contributed by atoms with van der Waals surface area (Å²) in [6.45, 7) is 0. The predicted molar refractivity (Wildman–Crippen MR) is 76.5 cm³/mol. The number of halogens is 1. The predicted octanol–water partition coefficient (Wildman–Crippen LogP) is 3.55. The average molecular weight is 327 g/mol. The van der Waals surface area contributed by atoms with Crippen LogP contribution >= 0.6 is 15.9 Å². The van der Waals surface area contributed by atoms with E-state index in [1.54, 1.807) is 14.2 Å². The Bertz CT molecular complexity index is 479. The molecule has 0 aromatic heterocycles. The summed E-state index contributed by atoms with van der Waals surface area (Å²) < 4.78 is 11.6. The van der Waals surface area contributed by atoms with Crippen LogP contribution in [0.2, 0.25) is 0 Å². The molecule has 0 amide bonds. The number of hydrogen-bond donors (Lipinski definition) is 1. The lowest BCUT2D eigenvalue weighted by atomic mass is 9.98. The van der Waals surface area contributed by atoms with Crippen LogP contribution < -0.4 is 9.47 Å². The van der Waals surface area contributed by atoms with Gasteiger partial charge in [-0.3, -0.25) is 0 Å². The Morgan fingerprint density at radius 2 is 1.79 bits per heavy atom. The van der Waals surface area contributed by atoms with Crippen molar-refractivity contribution in [2.24, 2.45) is 17.8 Å². The van der Waals surface area contributed by atoms with Crippen molar-refractivity contribution in [3.63, 3.8) is 0 Å². The fourth-order valence-corrected chi connectivity index (χ4v) is 4.15. The van der Waals surface area contributed by atoms with E-state index in [9.17, 15) is 5.11 Å². The van der Waals surface area contributed by atoms with Crippen LogP contribution in [0.5, 0.6) is 11.5 Å². The van der Waals surface area contributed by atoms with Gasteiger partial charge >= 0.3 is 0 Å². The summed E-state index contributed by atoms with van der Waals surface area (Å²) in [6.07, 6.45) is 3.41. The molecule has 1 aromatic rings. The SMILES string of the molecule is COc1cc(C(O)C2C3CCCC32)c(OC)cc1Br. The zero-order valence-electron chi connectivity index (χ0n) is 11.2. The zero-order chi connectivity index (χ0) is 13.6.